The van der Waals surface area contributed by atoms with E-state index in [-0.39, 0.29) is 22.9 Å². The summed E-state index contributed by atoms with van der Waals surface area (Å²) < 4.78 is 10.3. The third-order valence-corrected chi connectivity index (χ3v) is 2.63. The van der Waals surface area contributed by atoms with E-state index in [1.807, 2.05) is 0 Å². The highest BCUT2D eigenvalue weighted by Crippen LogP contribution is 2.26. The minimum absolute atomic E-state index is 0.00652. The quantitative estimate of drug-likeness (QED) is 0.925. The molecule has 0 saturated heterocycles. The second kappa shape index (κ2) is 5.70. The monoisotopic (exact) mass is 295 g/mol. The van der Waals surface area contributed by atoms with Gasteiger partial charge in [-0.1, -0.05) is 6.07 Å². The van der Waals surface area contributed by atoms with Gasteiger partial charge in [0.2, 0.25) is 5.28 Å². The molecule has 1 aromatic heterocycles. The van der Waals surface area contributed by atoms with Crippen molar-refractivity contribution in [1.29, 1.82) is 0 Å². The Morgan fingerprint density at radius 2 is 1.95 bits per heavy atom. The van der Waals surface area contributed by atoms with Crippen LogP contribution in [0.4, 0.5) is 0 Å². The number of ether oxygens (including phenoxy) is 2. The van der Waals surface area contributed by atoms with Gasteiger partial charge in [-0.3, -0.25) is 0 Å². The highest BCUT2D eigenvalue weighted by molar-refractivity contribution is 6.28. The summed E-state index contributed by atoms with van der Waals surface area (Å²) in [5.74, 6) is -0.728. The fraction of sp³-hybridized carbons (Fsp3) is 0.167. The summed E-state index contributed by atoms with van der Waals surface area (Å²) in [6.07, 6.45) is 0. The molecule has 0 aliphatic rings. The first-order valence-corrected chi connectivity index (χ1v) is 5.85. The van der Waals surface area contributed by atoms with Gasteiger partial charge in [0.1, 0.15) is 5.75 Å². The lowest BCUT2D eigenvalue weighted by Crippen LogP contribution is -2.03. The number of hydrogen-bond donors (Lipinski definition) is 1. The van der Waals surface area contributed by atoms with Crippen molar-refractivity contribution in [2.75, 3.05) is 7.11 Å². The summed E-state index contributed by atoms with van der Waals surface area (Å²) in [5.41, 5.74) is 0.588. The van der Waals surface area contributed by atoms with Crippen molar-refractivity contribution >= 4 is 17.6 Å². The summed E-state index contributed by atoms with van der Waals surface area (Å²) in [5, 5.41) is 8.96. The second-order valence-corrected chi connectivity index (χ2v) is 4.05. The van der Waals surface area contributed by atoms with Crippen LogP contribution in [0.25, 0.3) is 0 Å². The number of aromatic carboxylic acids is 1. The summed E-state index contributed by atoms with van der Waals surface area (Å²) in [6.45, 7) is 1.62. The predicted molar refractivity (Wildman–Crippen MR) is 69.6 cm³/mol. The van der Waals surface area contributed by atoms with Gasteiger partial charge in [-0.25, -0.2) is 4.79 Å². The van der Waals surface area contributed by atoms with E-state index in [0.717, 1.165) is 0 Å². The van der Waals surface area contributed by atoms with Crippen LogP contribution in [0.15, 0.2) is 18.2 Å². The molecule has 2 aromatic rings. The molecule has 0 aliphatic heterocycles. The van der Waals surface area contributed by atoms with E-state index in [0.29, 0.717) is 11.3 Å². The molecule has 0 amide bonds. The van der Waals surface area contributed by atoms with Crippen LogP contribution >= 0.6 is 11.6 Å². The van der Waals surface area contributed by atoms with E-state index in [2.05, 4.69) is 15.0 Å². The molecule has 1 aromatic carbocycles. The highest BCUT2D eigenvalue weighted by atomic mass is 35.5. The number of nitrogens with zero attached hydrogens (tertiary/aromatic N) is 3. The smallest absolute Gasteiger partial charge is 0.336 e. The Kier molecular flexibility index (Phi) is 3.99. The Labute approximate surface area is 119 Å². The lowest BCUT2D eigenvalue weighted by molar-refractivity contribution is 0.0695. The number of halogens is 1. The van der Waals surface area contributed by atoms with Crippen LogP contribution in [-0.2, 0) is 0 Å². The molecule has 1 heterocycles. The van der Waals surface area contributed by atoms with Crippen LogP contribution < -0.4 is 9.47 Å². The van der Waals surface area contributed by atoms with E-state index < -0.39 is 5.97 Å². The number of rotatable bonds is 4. The summed E-state index contributed by atoms with van der Waals surface area (Å²) in [7, 11) is 1.38. The number of aromatic nitrogens is 3. The van der Waals surface area contributed by atoms with E-state index in [9.17, 15) is 4.79 Å². The van der Waals surface area contributed by atoms with Crippen LogP contribution in [0.5, 0.6) is 17.8 Å². The fourth-order valence-electron chi connectivity index (χ4n) is 1.51. The van der Waals surface area contributed by atoms with Gasteiger partial charge in [0.15, 0.2) is 0 Å². The Hall–Kier alpha value is -2.41. The zero-order valence-corrected chi connectivity index (χ0v) is 11.4. The average Bonchev–Trinajstić information content (AvgIpc) is 2.40. The van der Waals surface area contributed by atoms with Crippen LogP contribution in [0.1, 0.15) is 15.9 Å². The Morgan fingerprint density at radius 1 is 1.25 bits per heavy atom. The molecular formula is C12H10ClN3O4. The third kappa shape index (κ3) is 2.94. The van der Waals surface area contributed by atoms with Gasteiger partial charge in [0.05, 0.1) is 12.7 Å². The van der Waals surface area contributed by atoms with E-state index in [4.69, 9.17) is 26.2 Å². The molecule has 8 heteroatoms. The van der Waals surface area contributed by atoms with Gasteiger partial charge >= 0.3 is 18.0 Å². The zero-order chi connectivity index (χ0) is 14.7. The molecule has 1 N–H and O–H groups in total. The maximum atomic E-state index is 11.0. The molecule has 2 rings (SSSR count). The van der Waals surface area contributed by atoms with Crippen LogP contribution in [0, 0.1) is 6.92 Å². The molecule has 0 radical (unpaired) electrons. The number of carboxylic acids is 1. The van der Waals surface area contributed by atoms with E-state index in [1.54, 1.807) is 19.1 Å². The molecule has 0 fully saturated rings. The number of methoxy groups -OCH3 is 1. The first-order chi connectivity index (χ1) is 9.51. The SMILES string of the molecule is COc1nc(Cl)nc(Oc2cccc(C(=O)O)c2C)n1. The first-order valence-electron chi connectivity index (χ1n) is 5.47. The minimum atomic E-state index is -1.04. The Morgan fingerprint density at radius 3 is 2.60 bits per heavy atom. The number of benzene rings is 1. The molecule has 7 nitrogen and oxygen atoms in total. The van der Waals surface area contributed by atoms with E-state index >= 15 is 0 Å². The maximum absolute atomic E-state index is 11.0. The molecule has 20 heavy (non-hydrogen) atoms. The molecule has 0 spiro atoms. The normalized spacial score (nSPS) is 10.2. The van der Waals surface area contributed by atoms with Crippen molar-refractivity contribution in [2.24, 2.45) is 0 Å². The van der Waals surface area contributed by atoms with Crippen molar-refractivity contribution < 1.29 is 19.4 Å². The van der Waals surface area contributed by atoms with Gasteiger partial charge in [-0.05, 0) is 30.7 Å². The number of carboxylic acid groups (broad SMARTS) is 1. The molecule has 0 aliphatic carbocycles. The van der Waals surface area contributed by atoms with Crippen molar-refractivity contribution in [3.63, 3.8) is 0 Å². The zero-order valence-electron chi connectivity index (χ0n) is 10.6. The molecule has 0 atom stereocenters. The molecule has 0 unspecified atom stereocenters. The number of carbonyl (C=O) groups is 1. The van der Waals surface area contributed by atoms with Crippen molar-refractivity contribution in [3.05, 3.63) is 34.6 Å². The molecular weight excluding hydrogens is 286 g/mol. The fourth-order valence-corrected chi connectivity index (χ4v) is 1.65. The average molecular weight is 296 g/mol. The Bertz CT molecular complexity index is 663. The van der Waals surface area contributed by atoms with Crippen molar-refractivity contribution in [3.8, 4) is 17.8 Å². The molecule has 0 saturated carbocycles. The first kappa shape index (κ1) is 14.0. The molecule has 104 valence electrons. The van der Waals surface area contributed by atoms with Gasteiger partial charge in [0, 0.05) is 5.56 Å². The van der Waals surface area contributed by atoms with Gasteiger partial charge < -0.3 is 14.6 Å². The highest BCUT2D eigenvalue weighted by Gasteiger charge is 2.13. The van der Waals surface area contributed by atoms with Gasteiger partial charge in [-0.2, -0.15) is 9.97 Å². The largest absolute Gasteiger partial charge is 0.478 e. The van der Waals surface area contributed by atoms with E-state index in [1.165, 1.54) is 13.2 Å². The third-order valence-electron chi connectivity index (χ3n) is 2.47. The van der Waals surface area contributed by atoms with Crippen LogP contribution in [-0.4, -0.2) is 33.1 Å². The summed E-state index contributed by atoms with van der Waals surface area (Å²) >= 11 is 5.70. The van der Waals surface area contributed by atoms with Crippen LogP contribution in [0.2, 0.25) is 5.28 Å². The lowest BCUT2D eigenvalue weighted by atomic mass is 10.1. The second-order valence-electron chi connectivity index (χ2n) is 3.71. The van der Waals surface area contributed by atoms with Gasteiger partial charge in [0.25, 0.3) is 0 Å². The van der Waals surface area contributed by atoms with Crippen molar-refractivity contribution in [1.82, 2.24) is 15.0 Å². The van der Waals surface area contributed by atoms with Crippen molar-refractivity contribution in [2.45, 2.75) is 6.92 Å². The number of hydrogen-bond acceptors (Lipinski definition) is 6. The molecule has 0 bridgehead atoms. The Balaban J connectivity index is 2.37. The van der Waals surface area contributed by atoms with Crippen LogP contribution in [0.3, 0.4) is 0 Å². The summed E-state index contributed by atoms with van der Waals surface area (Å²) in [4.78, 5) is 22.4. The lowest BCUT2D eigenvalue weighted by Gasteiger charge is -2.09. The minimum Gasteiger partial charge on any atom is -0.478 e. The maximum Gasteiger partial charge on any atom is 0.336 e. The topological polar surface area (TPSA) is 94.4 Å². The summed E-state index contributed by atoms with van der Waals surface area (Å²) in [6, 6.07) is 4.57. The van der Waals surface area contributed by atoms with Gasteiger partial charge in [-0.15, -0.1) is 4.98 Å². The standard InChI is InChI=1S/C12H10ClN3O4/c1-6-7(9(17)18)4-3-5-8(6)20-12-15-10(13)14-11(16-12)19-2/h3-5H,1-2H3,(H,17,18). The predicted octanol–water partition coefficient (Wildman–Crippen LogP) is 2.33.